The highest BCUT2D eigenvalue weighted by Crippen LogP contribution is 2.22. The van der Waals surface area contributed by atoms with Gasteiger partial charge >= 0.3 is 6.61 Å². The number of nitrogens with one attached hydrogen (secondary N) is 2. The van der Waals surface area contributed by atoms with Crippen LogP contribution in [0.3, 0.4) is 0 Å². The average molecular weight is 457 g/mol. The predicted octanol–water partition coefficient (Wildman–Crippen LogP) is 3.31. The molecular weight excluding hydrogens is 431 g/mol. The summed E-state index contributed by atoms with van der Waals surface area (Å²) in [4.78, 5) is 4.40. The van der Waals surface area contributed by atoms with Crippen molar-refractivity contribution in [1.82, 2.24) is 10.6 Å². The number of halogens is 3. The van der Waals surface area contributed by atoms with Crippen LogP contribution in [0.2, 0.25) is 0 Å². The largest absolute Gasteiger partial charge is 0.434 e. The number of rotatable bonds is 9. The number of nitrogens with zero attached hydrogens (tertiary/aromatic N) is 1. The van der Waals surface area contributed by atoms with Crippen molar-refractivity contribution in [2.75, 3.05) is 26.3 Å². The lowest BCUT2D eigenvalue weighted by molar-refractivity contribution is -0.0504. The standard InChI is InChI=1S/C16H25F2N3O2.HI/c1-4-19-16(20-8-9-22-5-2)21-11-13-10-12(3)6-7-14(13)23-15(17)18;/h6-7,10,15H,4-5,8-9,11H2,1-3H3,(H2,19,20,21);1H. The van der Waals surface area contributed by atoms with Gasteiger partial charge in [-0.05, 0) is 26.8 Å². The molecule has 1 aromatic rings. The van der Waals surface area contributed by atoms with Crippen LogP contribution in [0.1, 0.15) is 25.0 Å². The number of alkyl halides is 2. The van der Waals surface area contributed by atoms with E-state index in [1.54, 1.807) is 18.2 Å². The van der Waals surface area contributed by atoms with E-state index in [4.69, 9.17) is 4.74 Å². The highest BCUT2D eigenvalue weighted by Gasteiger charge is 2.10. The molecule has 0 unspecified atom stereocenters. The monoisotopic (exact) mass is 457 g/mol. The fraction of sp³-hybridized carbons (Fsp3) is 0.562. The molecule has 5 nitrogen and oxygen atoms in total. The molecule has 2 N–H and O–H groups in total. The Balaban J connectivity index is 0.00000529. The van der Waals surface area contributed by atoms with Gasteiger partial charge in [-0.1, -0.05) is 17.7 Å². The molecule has 0 spiro atoms. The predicted molar refractivity (Wildman–Crippen MR) is 103 cm³/mol. The first-order valence-corrected chi connectivity index (χ1v) is 7.71. The highest BCUT2D eigenvalue weighted by atomic mass is 127. The normalized spacial score (nSPS) is 11.2. The van der Waals surface area contributed by atoms with E-state index >= 15 is 0 Å². The summed E-state index contributed by atoms with van der Waals surface area (Å²) in [6, 6.07) is 5.07. The highest BCUT2D eigenvalue weighted by molar-refractivity contribution is 14.0. The summed E-state index contributed by atoms with van der Waals surface area (Å²) in [5.74, 6) is 0.760. The fourth-order valence-corrected chi connectivity index (χ4v) is 1.93. The summed E-state index contributed by atoms with van der Waals surface area (Å²) in [7, 11) is 0. The van der Waals surface area contributed by atoms with Crippen molar-refractivity contribution in [2.24, 2.45) is 4.99 Å². The molecule has 0 aromatic heterocycles. The first-order valence-electron chi connectivity index (χ1n) is 7.71. The maximum absolute atomic E-state index is 12.5. The van der Waals surface area contributed by atoms with Gasteiger partial charge in [0.2, 0.25) is 0 Å². The van der Waals surface area contributed by atoms with Crippen molar-refractivity contribution in [1.29, 1.82) is 0 Å². The van der Waals surface area contributed by atoms with Crippen molar-refractivity contribution < 1.29 is 18.3 Å². The molecule has 0 fully saturated rings. The number of ether oxygens (including phenoxy) is 2. The molecule has 1 rings (SSSR count). The Kier molecular flexibility index (Phi) is 12.5. The van der Waals surface area contributed by atoms with Crippen LogP contribution < -0.4 is 15.4 Å². The van der Waals surface area contributed by atoms with Gasteiger partial charge in [0.05, 0.1) is 13.2 Å². The first kappa shape index (κ1) is 22.8. The Morgan fingerprint density at radius 2 is 2.00 bits per heavy atom. The molecule has 0 saturated carbocycles. The van der Waals surface area contributed by atoms with Gasteiger partial charge in [-0.2, -0.15) is 8.78 Å². The van der Waals surface area contributed by atoms with Crippen LogP contribution in [-0.2, 0) is 11.3 Å². The lowest BCUT2D eigenvalue weighted by Gasteiger charge is -2.13. The van der Waals surface area contributed by atoms with Gasteiger partial charge in [0.1, 0.15) is 5.75 Å². The molecule has 1 aromatic carbocycles. The van der Waals surface area contributed by atoms with E-state index in [-0.39, 0.29) is 36.3 Å². The molecule has 0 aliphatic heterocycles. The Labute approximate surface area is 159 Å². The number of benzene rings is 1. The smallest absolute Gasteiger partial charge is 0.387 e. The first-order chi connectivity index (χ1) is 11.1. The van der Waals surface area contributed by atoms with Crippen molar-refractivity contribution in [2.45, 2.75) is 33.9 Å². The SMILES string of the molecule is CCNC(=NCc1cc(C)ccc1OC(F)F)NCCOCC.I. The fourth-order valence-electron chi connectivity index (χ4n) is 1.93. The molecule has 0 saturated heterocycles. The number of hydrogen-bond acceptors (Lipinski definition) is 3. The number of aliphatic imine (C=N–C) groups is 1. The summed E-state index contributed by atoms with van der Waals surface area (Å²) in [5, 5.41) is 6.22. The Morgan fingerprint density at radius 3 is 2.62 bits per heavy atom. The van der Waals surface area contributed by atoms with E-state index < -0.39 is 6.61 Å². The average Bonchev–Trinajstić information content (AvgIpc) is 2.51. The maximum atomic E-state index is 12.5. The van der Waals surface area contributed by atoms with Crippen LogP contribution in [0.4, 0.5) is 8.78 Å². The van der Waals surface area contributed by atoms with E-state index in [1.807, 2.05) is 20.8 Å². The van der Waals surface area contributed by atoms with Crippen LogP contribution in [-0.4, -0.2) is 38.9 Å². The molecule has 0 heterocycles. The van der Waals surface area contributed by atoms with Gasteiger partial charge in [-0.3, -0.25) is 0 Å². The van der Waals surface area contributed by atoms with Crippen LogP contribution >= 0.6 is 24.0 Å². The maximum Gasteiger partial charge on any atom is 0.387 e. The van der Waals surface area contributed by atoms with Gasteiger partial charge in [0.15, 0.2) is 5.96 Å². The Hall–Kier alpha value is -1.16. The topological polar surface area (TPSA) is 54.9 Å². The zero-order chi connectivity index (χ0) is 17.1. The lowest BCUT2D eigenvalue weighted by atomic mass is 10.1. The molecule has 0 atom stereocenters. The minimum Gasteiger partial charge on any atom is -0.434 e. The number of guanidine groups is 1. The van der Waals surface area contributed by atoms with Crippen LogP contribution in [0.5, 0.6) is 5.75 Å². The molecule has 0 bridgehead atoms. The third-order valence-corrected chi connectivity index (χ3v) is 2.93. The summed E-state index contributed by atoms with van der Waals surface area (Å²) < 4.78 is 34.7. The number of hydrogen-bond donors (Lipinski definition) is 2. The van der Waals surface area contributed by atoms with Crippen LogP contribution in [0.25, 0.3) is 0 Å². The molecule has 24 heavy (non-hydrogen) atoms. The minimum absolute atomic E-state index is 0. The number of aryl methyl sites for hydroxylation is 1. The Bertz CT molecular complexity index is 502. The van der Waals surface area contributed by atoms with Gasteiger partial charge in [0, 0.05) is 25.3 Å². The quantitative estimate of drug-likeness (QED) is 0.259. The lowest BCUT2D eigenvalue weighted by Crippen LogP contribution is -2.39. The van der Waals surface area contributed by atoms with E-state index in [0.717, 1.165) is 5.56 Å². The van der Waals surface area contributed by atoms with E-state index in [2.05, 4.69) is 20.4 Å². The second-order valence-corrected chi connectivity index (χ2v) is 4.81. The van der Waals surface area contributed by atoms with Gasteiger partial charge < -0.3 is 20.1 Å². The zero-order valence-corrected chi connectivity index (χ0v) is 16.6. The van der Waals surface area contributed by atoms with Gasteiger partial charge in [0.25, 0.3) is 0 Å². The molecule has 0 radical (unpaired) electrons. The van der Waals surface area contributed by atoms with Crippen molar-refractivity contribution in [3.63, 3.8) is 0 Å². The molecule has 0 aliphatic carbocycles. The molecule has 0 aliphatic rings. The van der Waals surface area contributed by atoms with E-state index in [0.29, 0.717) is 37.8 Å². The second kappa shape index (κ2) is 13.2. The van der Waals surface area contributed by atoms with Crippen molar-refractivity contribution in [3.05, 3.63) is 29.3 Å². The third-order valence-electron chi connectivity index (χ3n) is 2.93. The van der Waals surface area contributed by atoms with E-state index in [9.17, 15) is 8.78 Å². The summed E-state index contributed by atoms with van der Waals surface area (Å²) in [6.45, 7) is 5.73. The van der Waals surface area contributed by atoms with Crippen molar-refractivity contribution >= 4 is 29.9 Å². The van der Waals surface area contributed by atoms with Gasteiger partial charge in [-0.15, -0.1) is 24.0 Å². The minimum atomic E-state index is -2.85. The van der Waals surface area contributed by atoms with Crippen LogP contribution in [0.15, 0.2) is 23.2 Å². The van der Waals surface area contributed by atoms with Crippen molar-refractivity contribution in [3.8, 4) is 5.75 Å². The van der Waals surface area contributed by atoms with Crippen LogP contribution in [0, 0.1) is 6.92 Å². The third kappa shape index (κ3) is 9.21. The zero-order valence-electron chi connectivity index (χ0n) is 14.3. The molecular formula is C16H26F2IN3O2. The Morgan fingerprint density at radius 1 is 1.25 bits per heavy atom. The summed E-state index contributed by atoms with van der Waals surface area (Å²) in [5.41, 5.74) is 1.58. The molecule has 138 valence electrons. The van der Waals surface area contributed by atoms with Gasteiger partial charge in [-0.25, -0.2) is 4.99 Å². The molecule has 0 amide bonds. The van der Waals surface area contributed by atoms with E-state index in [1.165, 1.54) is 0 Å². The molecule has 8 heteroatoms. The second-order valence-electron chi connectivity index (χ2n) is 4.81. The summed E-state index contributed by atoms with van der Waals surface area (Å²) >= 11 is 0. The summed E-state index contributed by atoms with van der Waals surface area (Å²) in [6.07, 6.45) is 0.